The van der Waals surface area contributed by atoms with E-state index in [-0.39, 0.29) is 17.7 Å². The van der Waals surface area contributed by atoms with Crippen LogP contribution >= 0.6 is 11.6 Å². The summed E-state index contributed by atoms with van der Waals surface area (Å²) in [6, 6.07) is 5.14. The molecule has 1 aromatic carbocycles. The first-order valence-corrected chi connectivity index (χ1v) is 8.39. The summed E-state index contributed by atoms with van der Waals surface area (Å²) in [6.45, 7) is 6.57. The lowest BCUT2D eigenvalue weighted by atomic mass is 10.0. The highest BCUT2D eigenvalue weighted by Gasteiger charge is 2.31. The molecule has 128 valence electrons. The number of ether oxygens (including phenoxy) is 1. The quantitative estimate of drug-likeness (QED) is 0.906. The summed E-state index contributed by atoms with van der Waals surface area (Å²) in [6.07, 6.45) is 0.440. The Labute approximate surface area is 145 Å². The number of aromatic nitrogens is 2. The van der Waals surface area contributed by atoms with Crippen molar-refractivity contribution < 1.29 is 14.1 Å². The van der Waals surface area contributed by atoms with E-state index in [1.54, 1.807) is 18.2 Å². The second kappa shape index (κ2) is 6.91. The molecular weight excluding hydrogens is 330 g/mol. The van der Waals surface area contributed by atoms with Crippen LogP contribution in [0.3, 0.4) is 0 Å². The normalized spacial score (nSPS) is 20.5. The molecule has 0 radical (unpaired) electrons. The van der Waals surface area contributed by atoms with Gasteiger partial charge in [-0.2, -0.15) is 4.98 Å². The number of hydrogen-bond donors (Lipinski definition) is 1. The Balaban J connectivity index is 1.89. The molecule has 2 aromatic rings. The van der Waals surface area contributed by atoms with Gasteiger partial charge in [0.2, 0.25) is 0 Å². The number of rotatable bonds is 4. The molecule has 24 heavy (non-hydrogen) atoms. The average molecular weight is 350 g/mol. The fourth-order valence-electron chi connectivity index (χ4n) is 2.62. The summed E-state index contributed by atoms with van der Waals surface area (Å²) >= 11 is 6.10. The summed E-state index contributed by atoms with van der Waals surface area (Å²) in [5, 5.41) is 7.39. The van der Waals surface area contributed by atoms with Crippen molar-refractivity contribution in [1.82, 2.24) is 10.1 Å². The molecule has 1 saturated heterocycles. The first-order chi connectivity index (χ1) is 11.5. The van der Waals surface area contributed by atoms with Crippen LogP contribution in [0.15, 0.2) is 22.7 Å². The Kier molecular flexibility index (Phi) is 4.87. The Hall–Kier alpha value is -1.92. The molecule has 7 heteroatoms. The van der Waals surface area contributed by atoms with E-state index >= 15 is 0 Å². The monoisotopic (exact) mass is 349 g/mol. The first kappa shape index (κ1) is 16.9. The highest BCUT2D eigenvalue weighted by atomic mass is 35.5. The van der Waals surface area contributed by atoms with Gasteiger partial charge in [0, 0.05) is 17.5 Å². The third-order valence-electron chi connectivity index (χ3n) is 4.07. The van der Waals surface area contributed by atoms with Crippen LogP contribution in [0.1, 0.15) is 38.9 Å². The van der Waals surface area contributed by atoms with E-state index < -0.39 is 6.10 Å². The van der Waals surface area contributed by atoms with Crippen LogP contribution < -0.4 is 5.32 Å². The van der Waals surface area contributed by atoms with E-state index in [0.717, 1.165) is 6.42 Å². The Morgan fingerprint density at radius 1 is 1.42 bits per heavy atom. The van der Waals surface area contributed by atoms with Gasteiger partial charge in [-0.05, 0) is 30.5 Å². The lowest BCUT2D eigenvalue weighted by Crippen LogP contribution is -2.31. The minimum absolute atomic E-state index is 0.146. The van der Waals surface area contributed by atoms with Crippen molar-refractivity contribution in [2.75, 3.05) is 11.9 Å². The van der Waals surface area contributed by atoms with E-state index in [2.05, 4.69) is 15.5 Å². The first-order valence-electron chi connectivity index (χ1n) is 8.01. The van der Waals surface area contributed by atoms with Crippen molar-refractivity contribution in [3.05, 3.63) is 29.0 Å². The van der Waals surface area contributed by atoms with E-state index in [1.807, 2.05) is 20.8 Å². The van der Waals surface area contributed by atoms with Crippen molar-refractivity contribution in [2.24, 2.45) is 5.92 Å². The Morgan fingerprint density at radius 3 is 2.83 bits per heavy atom. The standard InChI is InChI=1S/C17H20ClN3O3/c1-9(2)15-20-17(24-21-15)12-8-11(18)4-5-13(12)19-16(22)14-10(3)6-7-23-14/h4-5,8-10,14H,6-7H2,1-3H3,(H,19,22)/t10-,14-/m0/s1. The smallest absolute Gasteiger partial charge is 0.260 e. The van der Waals surface area contributed by atoms with E-state index in [0.29, 0.717) is 34.6 Å². The van der Waals surface area contributed by atoms with Gasteiger partial charge >= 0.3 is 0 Å². The number of halogens is 1. The van der Waals surface area contributed by atoms with Crippen molar-refractivity contribution >= 4 is 23.2 Å². The number of amides is 1. The van der Waals surface area contributed by atoms with E-state index in [9.17, 15) is 4.79 Å². The number of carbonyl (C=O) groups excluding carboxylic acids is 1. The summed E-state index contributed by atoms with van der Waals surface area (Å²) < 4.78 is 10.8. The minimum Gasteiger partial charge on any atom is -0.368 e. The van der Waals surface area contributed by atoms with Gasteiger partial charge in [-0.3, -0.25) is 4.79 Å². The summed E-state index contributed by atoms with van der Waals surface area (Å²) in [7, 11) is 0. The largest absolute Gasteiger partial charge is 0.368 e. The van der Waals surface area contributed by atoms with Gasteiger partial charge in [-0.15, -0.1) is 0 Å². The number of carbonyl (C=O) groups is 1. The zero-order chi connectivity index (χ0) is 17.3. The maximum Gasteiger partial charge on any atom is 0.260 e. The summed E-state index contributed by atoms with van der Waals surface area (Å²) in [4.78, 5) is 16.9. The Bertz CT molecular complexity index is 744. The fraction of sp³-hybridized carbons (Fsp3) is 0.471. The molecule has 0 spiro atoms. The molecule has 2 heterocycles. The summed E-state index contributed by atoms with van der Waals surface area (Å²) in [5.41, 5.74) is 1.17. The maximum atomic E-state index is 12.5. The van der Waals surface area contributed by atoms with Crippen LogP contribution in [0.5, 0.6) is 0 Å². The second-order valence-electron chi connectivity index (χ2n) is 6.35. The van der Waals surface area contributed by atoms with Crippen LogP contribution in [0, 0.1) is 5.92 Å². The third kappa shape index (κ3) is 3.44. The number of nitrogens with zero attached hydrogens (tertiary/aromatic N) is 2. The highest BCUT2D eigenvalue weighted by molar-refractivity contribution is 6.31. The van der Waals surface area contributed by atoms with Crippen molar-refractivity contribution in [3.63, 3.8) is 0 Å². The molecule has 0 bridgehead atoms. The lowest BCUT2D eigenvalue weighted by molar-refractivity contribution is -0.126. The zero-order valence-electron chi connectivity index (χ0n) is 13.9. The predicted molar refractivity (Wildman–Crippen MR) is 91.0 cm³/mol. The molecular formula is C17H20ClN3O3. The summed E-state index contributed by atoms with van der Waals surface area (Å²) in [5.74, 6) is 1.10. The number of anilines is 1. The van der Waals surface area contributed by atoms with Crippen LogP contribution in [-0.2, 0) is 9.53 Å². The number of hydrogen-bond acceptors (Lipinski definition) is 5. The second-order valence-corrected chi connectivity index (χ2v) is 6.79. The molecule has 1 amide bonds. The van der Waals surface area contributed by atoms with Gasteiger partial charge < -0.3 is 14.6 Å². The van der Waals surface area contributed by atoms with E-state index in [1.165, 1.54) is 0 Å². The predicted octanol–water partition coefficient (Wildman–Crippen LogP) is 3.88. The van der Waals surface area contributed by atoms with Gasteiger partial charge in [0.15, 0.2) is 5.82 Å². The molecule has 1 fully saturated rings. The topological polar surface area (TPSA) is 77.2 Å². The van der Waals surface area contributed by atoms with E-state index in [4.69, 9.17) is 20.9 Å². The van der Waals surface area contributed by atoms with Gasteiger partial charge in [-0.1, -0.05) is 37.5 Å². The van der Waals surface area contributed by atoms with Crippen molar-refractivity contribution in [1.29, 1.82) is 0 Å². The third-order valence-corrected chi connectivity index (χ3v) is 4.31. The number of nitrogens with one attached hydrogen (secondary N) is 1. The van der Waals surface area contributed by atoms with Gasteiger partial charge in [0.05, 0.1) is 11.3 Å². The molecule has 0 aliphatic carbocycles. The molecule has 2 atom stereocenters. The Morgan fingerprint density at radius 2 is 2.21 bits per heavy atom. The average Bonchev–Trinajstić information content (AvgIpc) is 3.18. The van der Waals surface area contributed by atoms with Crippen molar-refractivity contribution in [2.45, 2.75) is 39.2 Å². The molecule has 0 saturated carbocycles. The van der Waals surface area contributed by atoms with Gasteiger partial charge in [0.25, 0.3) is 11.8 Å². The van der Waals surface area contributed by atoms with Crippen LogP contribution in [0.4, 0.5) is 5.69 Å². The van der Waals surface area contributed by atoms with Gasteiger partial charge in [0.1, 0.15) is 6.10 Å². The molecule has 6 nitrogen and oxygen atoms in total. The fourth-order valence-corrected chi connectivity index (χ4v) is 2.79. The lowest BCUT2D eigenvalue weighted by Gasteiger charge is -2.15. The minimum atomic E-state index is -0.442. The zero-order valence-corrected chi connectivity index (χ0v) is 14.6. The van der Waals surface area contributed by atoms with Crippen LogP contribution in [0.2, 0.25) is 5.02 Å². The highest BCUT2D eigenvalue weighted by Crippen LogP contribution is 2.31. The molecule has 1 N–H and O–H groups in total. The van der Waals surface area contributed by atoms with Crippen molar-refractivity contribution in [3.8, 4) is 11.5 Å². The SMILES string of the molecule is CC(C)c1noc(-c2cc(Cl)ccc2NC(=O)[C@H]2OCC[C@@H]2C)n1. The van der Waals surface area contributed by atoms with Gasteiger partial charge in [-0.25, -0.2) is 0 Å². The maximum absolute atomic E-state index is 12.5. The van der Waals surface area contributed by atoms with Crippen LogP contribution in [0.25, 0.3) is 11.5 Å². The molecule has 1 aromatic heterocycles. The number of benzene rings is 1. The molecule has 1 aliphatic rings. The molecule has 1 aliphatic heterocycles. The van der Waals surface area contributed by atoms with Crippen LogP contribution in [-0.4, -0.2) is 28.8 Å². The molecule has 0 unspecified atom stereocenters. The molecule has 3 rings (SSSR count).